The third kappa shape index (κ3) is 2.78. The third-order valence-electron chi connectivity index (χ3n) is 2.24. The number of anilines is 1. The summed E-state index contributed by atoms with van der Waals surface area (Å²) in [6.07, 6.45) is 2.97. The molecule has 0 saturated carbocycles. The highest BCUT2D eigenvalue weighted by molar-refractivity contribution is 6.35. The minimum absolute atomic E-state index is 0.224. The fourth-order valence-corrected chi connectivity index (χ4v) is 1.82. The van der Waals surface area contributed by atoms with E-state index in [9.17, 15) is 4.79 Å². The molecule has 6 heteroatoms. The molecule has 0 fully saturated rings. The predicted octanol–water partition coefficient (Wildman–Crippen LogP) is 3.34. The van der Waals surface area contributed by atoms with E-state index in [4.69, 9.17) is 23.2 Å². The molecule has 0 saturated heterocycles. The van der Waals surface area contributed by atoms with Gasteiger partial charge in [0, 0.05) is 18.1 Å². The molecule has 0 unspecified atom stereocenters. The number of pyridine rings is 2. The molecule has 0 bridgehead atoms. The lowest BCUT2D eigenvalue weighted by atomic mass is 10.2. The van der Waals surface area contributed by atoms with Gasteiger partial charge in [0.2, 0.25) is 0 Å². The van der Waals surface area contributed by atoms with Crippen LogP contribution in [0.15, 0.2) is 30.6 Å². The summed E-state index contributed by atoms with van der Waals surface area (Å²) < 4.78 is 0. The molecule has 4 nitrogen and oxygen atoms in total. The zero-order chi connectivity index (χ0) is 13.1. The van der Waals surface area contributed by atoms with E-state index in [1.165, 1.54) is 6.20 Å². The molecule has 0 aliphatic heterocycles. The van der Waals surface area contributed by atoms with Crippen molar-refractivity contribution in [2.75, 3.05) is 5.32 Å². The van der Waals surface area contributed by atoms with Gasteiger partial charge < -0.3 is 5.32 Å². The molecule has 1 amide bonds. The maximum atomic E-state index is 12.0. The number of aromatic nitrogens is 2. The van der Waals surface area contributed by atoms with E-state index < -0.39 is 0 Å². The zero-order valence-corrected chi connectivity index (χ0v) is 11.0. The highest BCUT2D eigenvalue weighted by atomic mass is 35.5. The van der Waals surface area contributed by atoms with Crippen LogP contribution >= 0.6 is 23.2 Å². The molecule has 18 heavy (non-hydrogen) atoms. The lowest BCUT2D eigenvalue weighted by Crippen LogP contribution is -2.13. The number of aryl methyl sites for hydroxylation is 1. The minimum atomic E-state index is -0.373. The van der Waals surface area contributed by atoms with E-state index in [1.54, 1.807) is 31.3 Å². The molecule has 0 atom stereocenters. The highest BCUT2D eigenvalue weighted by Crippen LogP contribution is 2.21. The van der Waals surface area contributed by atoms with Crippen molar-refractivity contribution in [1.29, 1.82) is 0 Å². The first-order valence-electron chi connectivity index (χ1n) is 5.12. The molecule has 2 aromatic heterocycles. The van der Waals surface area contributed by atoms with Crippen LogP contribution in [0.1, 0.15) is 16.1 Å². The van der Waals surface area contributed by atoms with Gasteiger partial charge in [0.15, 0.2) is 5.15 Å². The number of nitrogens with zero attached hydrogens (tertiary/aromatic N) is 2. The first-order valence-corrected chi connectivity index (χ1v) is 5.87. The molecule has 0 spiro atoms. The van der Waals surface area contributed by atoms with E-state index in [-0.39, 0.29) is 11.1 Å². The average molecular weight is 282 g/mol. The maximum absolute atomic E-state index is 12.0. The SMILES string of the molecule is Cc1cc(Cl)c(C(=O)Nc2cccnc2Cl)cn1. The Morgan fingerprint density at radius 1 is 1.33 bits per heavy atom. The van der Waals surface area contributed by atoms with Gasteiger partial charge in [0.05, 0.1) is 16.3 Å². The largest absolute Gasteiger partial charge is 0.319 e. The molecule has 0 aliphatic rings. The first-order chi connectivity index (χ1) is 8.58. The third-order valence-corrected chi connectivity index (χ3v) is 2.86. The van der Waals surface area contributed by atoms with Crippen LogP contribution in [0.4, 0.5) is 5.69 Å². The fraction of sp³-hybridized carbons (Fsp3) is 0.0833. The summed E-state index contributed by atoms with van der Waals surface area (Å²) in [5.41, 5.74) is 1.47. The Morgan fingerprint density at radius 3 is 2.78 bits per heavy atom. The van der Waals surface area contributed by atoms with Crippen LogP contribution in [0.3, 0.4) is 0 Å². The number of carbonyl (C=O) groups excluding carboxylic acids is 1. The summed E-state index contributed by atoms with van der Waals surface area (Å²) in [5, 5.41) is 3.20. The van der Waals surface area contributed by atoms with Gasteiger partial charge in [-0.2, -0.15) is 0 Å². The Hall–Kier alpha value is -1.65. The van der Waals surface area contributed by atoms with Gasteiger partial charge >= 0.3 is 0 Å². The summed E-state index contributed by atoms with van der Waals surface area (Å²) in [4.78, 5) is 19.9. The van der Waals surface area contributed by atoms with Gasteiger partial charge in [0.25, 0.3) is 5.91 Å². The lowest BCUT2D eigenvalue weighted by Gasteiger charge is -2.07. The van der Waals surface area contributed by atoms with Crippen molar-refractivity contribution in [2.24, 2.45) is 0 Å². The number of carbonyl (C=O) groups is 1. The average Bonchev–Trinajstić information content (AvgIpc) is 2.32. The van der Waals surface area contributed by atoms with Crippen LogP contribution in [-0.2, 0) is 0 Å². The minimum Gasteiger partial charge on any atom is -0.319 e. The molecule has 0 radical (unpaired) electrons. The lowest BCUT2D eigenvalue weighted by molar-refractivity contribution is 0.102. The van der Waals surface area contributed by atoms with E-state index in [0.717, 1.165) is 5.69 Å². The van der Waals surface area contributed by atoms with Crippen LogP contribution in [0, 0.1) is 6.92 Å². The van der Waals surface area contributed by atoms with Crippen LogP contribution in [0.5, 0.6) is 0 Å². The Balaban J connectivity index is 2.25. The van der Waals surface area contributed by atoms with Crippen LogP contribution in [-0.4, -0.2) is 15.9 Å². The second kappa shape index (κ2) is 5.33. The van der Waals surface area contributed by atoms with Crippen molar-refractivity contribution >= 4 is 34.8 Å². The predicted molar refractivity (Wildman–Crippen MR) is 71.2 cm³/mol. The van der Waals surface area contributed by atoms with E-state index in [0.29, 0.717) is 16.3 Å². The summed E-state index contributed by atoms with van der Waals surface area (Å²) in [6, 6.07) is 4.96. The molecule has 0 aliphatic carbocycles. The van der Waals surface area contributed by atoms with E-state index in [1.807, 2.05) is 0 Å². The number of halogens is 2. The van der Waals surface area contributed by atoms with Crippen molar-refractivity contribution in [3.05, 3.63) is 52.0 Å². The first kappa shape index (κ1) is 12.8. The standard InChI is InChI=1S/C12H9Cl2N3O/c1-7-5-9(13)8(6-16-7)12(18)17-10-3-2-4-15-11(10)14/h2-6H,1H3,(H,17,18). The highest BCUT2D eigenvalue weighted by Gasteiger charge is 2.12. The van der Waals surface area contributed by atoms with Crippen molar-refractivity contribution in [3.63, 3.8) is 0 Å². The number of hydrogen-bond donors (Lipinski definition) is 1. The number of rotatable bonds is 2. The van der Waals surface area contributed by atoms with Crippen molar-refractivity contribution in [2.45, 2.75) is 6.92 Å². The summed E-state index contributed by atoms with van der Waals surface area (Å²) >= 11 is 11.8. The fourth-order valence-electron chi connectivity index (χ4n) is 1.36. The second-order valence-corrected chi connectivity index (χ2v) is 4.37. The topological polar surface area (TPSA) is 54.9 Å². The monoisotopic (exact) mass is 281 g/mol. The summed E-state index contributed by atoms with van der Waals surface area (Å²) in [7, 11) is 0. The Morgan fingerprint density at radius 2 is 2.11 bits per heavy atom. The van der Waals surface area contributed by atoms with Crippen LogP contribution in [0.25, 0.3) is 0 Å². The molecule has 2 rings (SSSR count). The van der Waals surface area contributed by atoms with E-state index >= 15 is 0 Å². The summed E-state index contributed by atoms with van der Waals surface area (Å²) in [5.74, 6) is -0.373. The normalized spacial score (nSPS) is 10.2. The maximum Gasteiger partial charge on any atom is 0.258 e. The van der Waals surface area contributed by atoms with Gasteiger partial charge in [-0.1, -0.05) is 23.2 Å². The smallest absolute Gasteiger partial charge is 0.258 e. The Kier molecular flexibility index (Phi) is 3.79. The second-order valence-electron chi connectivity index (χ2n) is 3.60. The quantitative estimate of drug-likeness (QED) is 0.859. The van der Waals surface area contributed by atoms with Gasteiger partial charge in [-0.05, 0) is 25.1 Å². The molecular formula is C12H9Cl2N3O. The van der Waals surface area contributed by atoms with Crippen molar-refractivity contribution in [1.82, 2.24) is 9.97 Å². The van der Waals surface area contributed by atoms with Crippen molar-refractivity contribution < 1.29 is 4.79 Å². The molecule has 1 N–H and O–H groups in total. The molecular weight excluding hydrogens is 273 g/mol. The summed E-state index contributed by atoms with van der Waals surface area (Å²) in [6.45, 7) is 1.80. The van der Waals surface area contributed by atoms with E-state index in [2.05, 4.69) is 15.3 Å². The molecule has 2 heterocycles. The van der Waals surface area contributed by atoms with Gasteiger partial charge in [-0.15, -0.1) is 0 Å². The van der Waals surface area contributed by atoms with Crippen LogP contribution < -0.4 is 5.32 Å². The van der Waals surface area contributed by atoms with Crippen molar-refractivity contribution in [3.8, 4) is 0 Å². The van der Waals surface area contributed by atoms with Gasteiger partial charge in [-0.25, -0.2) is 4.98 Å². The number of nitrogens with one attached hydrogen (secondary N) is 1. The van der Waals surface area contributed by atoms with Crippen LogP contribution in [0.2, 0.25) is 10.2 Å². The Bertz CT molecular complexity index is 602. The number of hydrogen-bond acceptors (Lipinski definition) is 3. The van der Waals surface area contributed by atoms with Gasteiger partial charge in [0.1, 0.15) is 0 Å². The molecule has 0 aromatic carbocycles. The molecule has 2 aromatic rings. The Labute approximate surface area is 114 Å². The zero-order valence-electron chi connectivity index (χ0n) is 9.45. The molecule has 92 valence electrons. The van der Waals surface area contributed by atoms with Gasteiger partial charge in [-0.3, -0.25) is 9.78 Å². The number of amides is 1.